The maximum atomic E-state index is 13.2. The van der Waals surface area contributed by atoms with E-state index in [1.165, 1.54) is 0 Å². The predicted molar refractivity (Wildman–Crippen MR) is 124 cm³/mol. The van der Waals surface area contributed by atoms with Crippen molar-refractivity contribution in [2.45, 2.75) is 30.9 Å². The molecule has 1 amide bonds. The van der Waals surface area contributed by atoms with Crippen LogP contribution in [0.5, 0.6) is 11.5 Å². The van der Waals surface area contributed by atoms with E-state index in [9.17, 15) is 18.0 Å². The van der Waals surface area contributed by atoms with E-state index in [2.05, 4.69) is 20.4 Å². The van der Waals surface area contributed by atoms with E-state index in [0.29, 0.717) is 33.8 Å². The van der Waals surface area contributed by atoms with Crippen molar-refractivity contribution < 1.29 is 32.0 Å². The van der Waals surface area contributed by atoms with E-state index >= 15 is 0 Å². The third-order valence-corrected chi connectivity index (χ3v) is 6.22. The average Bonchev–Trinajstić information content (AvgIpc) is 3.57. The van der Waals surface area contributed by atoms with Crippen LogP contribution >= 0.6 is 0 Å². The fourth-order valence-electron chi connectivity index (χ4n) is 4.01. The van der Waals surface area contributed by atoms with Crippen LogP contribution in [0.15, 0.2) is 53.2 Å². The molecule has 4 aromatic rings. The van der Waals surface area contributed by atoms with Crippen LogP contribution in [0.4, 0.5) is 19.1 Å². The van der Waals surface area contributed by atoms with Crippen LogP contribution in [0.2, 0.25) is 0 Å². The molecule has 0 unspecified atom stereocenters. The first kappa shape index (κ1) is 23.6. The lowest BCUT2D eigenvalue weighted by Gasteiger charge is -2.15. The number of hydrogen-bond donors (Lipinski definition) is 1. The molecular formula is C25H21F3N4O4. The van der Waals surface area contributed by atoms with E-state index in [1.54, 1.807) is 44.7 Å². The molecule has 0 atom stereocenters. The number of nitrogens with zero attached hydrogens (tertiary/aromatic N) is 3. The summed E-state index contributed by atoms with van der Waals surface area (Å²) in [7, 11) is 3.09. The second-order valence-electron chi connectivity index (χ2n) is 8.53. The Bertz CT molecular complexity index is 1430. The number of fused-ring (bicyclic) bond motifs is 1. The lowest BCUT2D eigenvalue weighted by Crippen LogP contribution is -2.28. The fourth-order valence-corrected chi connectivity index (χ4v) is 4.01. The van der Waals surface area contributed by atoms with Crippen LogP contribution in [0.1, 0.15) is 24.1 Å². The highest BCUT2D eigenvalue weighted by molar-refractivity contribution is 5.91. The van der Waals surface area contributed by atoms with Crippen LogP contribution < -0.4 is 14.8 Å². The maximum absolute atomic E-state index is 13.2. The minimum atomic E-state index is -4.40. The van der Waals surface area contributed by atoms with Crippen LogP contribution in [0.25, 0.3) is 22.3 Å². The van der Waals surface area contributed by atoms with Gasteiger partial charge in [-0.1, -0.05) is 29.4 Å². The zero-order valence-corrected chi connectivity index (χ0v) is 19.3. The monoisotopic (exact) mass is 498 g/mol. The summed E-state index contributed by atoms with van der Waals surface area (Å²) in [6.07, 6.45) is -2.83. The summed E-state index contributed by atoms with van der Waals surface area (Å²) in [5.74, 6) is 0.556. The molecule has 0 radical (unpaired) electrons. The molecule has 0 aliphatic heterocycles. The lowest BCUT2D eigenvalue weighted by atomic mass is 10.0. The van der Waals surface area contributed by atoms with Gasteiger partial charge in [-0.3, -0.25) is 15.1 Å². The molecule has 1 saturated carbocycles. The van der Waals surface area contributed by atoms with E-state index in [1.807, 2.05) is 12.1 Å². The third kappa shape index (κ3) is 4.32. The Morgan fingerprint density at radius 1 is 1.06 bits per heavy atom. The highest BCUT2D eigenvalue weighted by atomic mass is 19.4. The lowest BCUT2D eigenvalue weighted by molar-refractivity contribution is -0.161. The van der Waals surface area contributed by atoms with Crippen LogP contribution in [0, 0.1) is 0 Å². The highest BCUT2D eigenvalue weighted by Crippen LogP contribution is 2.58. The first-order valence-electron chi connectivity index (χ1n) is 11.0. The molecule has 1 aliphatic carbocycles. The third-order valence-electron chi connectivity index (χ3n) is 6.22. The Balaban J connectivity index is 1.26. The standard InChI is InChI=1S/C25H21F3N4O4/c1-34-19-10-16-17(11-20(19)35-2)30-18(13-29-16)15-5-3-14(4-6-15)9-22(33)31-23-12-21(32-36-23)24(7-8-24)25(26,27)28/h3-6,10-13H,7-9H2,1-2H3,(H,31,33). The van der Waals surface area contributed by atoms with E-state index < -0.39 is 17.5 Å². The van der Waals surface area contributed by atoms with Crippen molar-refractivity contribution >= 4 is 22.8 Å². The zero-order chi connectivity index (χ0) is 25.5. The molecule has 0 bridgehead atoms. The van der Waals surface area contributed by atoms with Gasteiger partial charge in [-0.2, -0.15) is 13.2 Å². The van der Waals surface area contributed by atoms with Crippen LogP contribution in [-0.2, 0) is 16.6 Å². The first-order valence-corrected chi connectivity index (χ1v) is 11.0. The van der Waals surface area contributed by atoms with Crippen molar-refractivity contribution in [3.63, 3.8) is 0 Å². The van der Waals surface area contributed by atoms with Gasteiger partial charge in [0.1, 0.15) is 11.1 Å². The predicted octanol–water partition coefficient (Wildman–Crippen LogP) is 5.08. The van der Waals surface area contributed by atoms with Gasteiger partial charge in [0.15, 0.2) is 11.5 Å². The van der Waals surface area contributed by atoms with Gasteiger partial charge in [0.05, 0.1) is 43.6 Å². The summed E-state index contributed by atoms with van der Waals surface area (Å²) in [5.41, 5.74) is 1.26. The van der Waals surface area contributed by atoms with Gasteiger partial charge in [0, 0.05) is 23.8 Å². The van der Waals surface area contributed by atoms with Crippen molar-refractivity contribution in [1.82, 2.24) is 15.1 Å². The highest BCUT2D eigenvalue weighted by Gasteiger charge is 2.66. The number of hydrogen-bond acceptors (Lipinski definition) is 7. The number of ether oxygens (including phenoxy) is 2. The Hall–Kier alpha value is -4.15. The largest absolute Gasteiger partial charge is 0.493 e. The molecule has 0 spiro atoms. The fraction of sp³-hybridized carbons (Fsp3) is 0.280. The van der Waals surface area contributed by atoms with Gasteiger partial charge >= 0.3 is 6.18 Å². The summed E-state index contributed by atoms with van der Waals surface area (Å²) in [6, 6.07) is 11.8. The average molecular weight is 498 g/mol. The van der Waals surface area contributed by atoms with Crippen molar-refractivity contribution in [2.24, 2.45) is 0 Å². The van der Waals surface area contributed by atoms with E-state index in [0.717, 1.165) is 11.6 Å². The van der Waals surface area contributed by atoms with Gasteiger partial charge in [-0.15, -0.1) is 0 Å². The molecule has 2 aromatic heterocycles. The summed E-state index contributed by atoms with van der Waals surface area (Å²) in [5, 5.41) is 6.00. The Kier molecular flexibility index (Phi) is 5.77. The number of nitrogens with one attached hydrogen (secondary N) is 1. The van der Waals surface area contributed by atoms with Gasteiger partial charge in [-0.05, 0) is 18.4 Å². The Morgan fingerprint density at radius 3 is 2.33 bits per heavy atom. The van der Waals surface area contributed by atoms with E-state index in [4.69, 9.17) is 14.0 Å². The topological polar surface area (TPSA) is 99.4 Å². The SMILES string of the molecule is COc1cc2ncc(-c3ccc(CC(=O)Nc4cc(C5(C(F)(F)F)CC5)no4)cc3)nc2cc1OC. The minimum absolute atomic E-state index is 0.00111. The van der Waals surface area contributed by atoms with Crippen molar-refractivity contribution in [2.75, 3.05) is 19.5 Å². The number of methoxy groups -OCH3 is 2. The number of anilines is 1. The second-order valence-corrected chi connectivity index (χ2v) is 8.53. The number of carbonyl (C=O) groups is 1. The van der Waals surface area contributed by atoms with Gasteiger partial charge < -0.3 is 14.0 Å². The molecule has 2 heterocycles. The number of amides is 1. The number of halogens is 3. The smallest absolute Gasteiger partial charge is 0.400 e. The first-order chi connectivity index (χ1) is 17.2. The minimum Gasteiger partial charge on any atom is -0.493 e. The molecular weight excluding hydrogens is 477 g/mol. The number of alkyl halides is 3. The molecule has 5 rings (SSSR count). The Labute approximate surface area is 203 Å². The van der Waals surface area contributed by atoms with Crippen molar-refractivity contribution in [1.29, 1.82) is 0 Å². The molecule has 1 aliphatic rings. The quantitative estimate of drug-likeness (QED) is 0.380. The number of carbonyl (C=O) groups excluding carboxylic acids is 1. The molecule has 1 N–H and O–H groups in total. The van der Waals surface area contributed by atoms with Gasteiger partial charge in [0.2, 0.25) is 11.8 Å². The van der Waals surface area contributed by atoms with Crippen molar-refractivity contribution in [3.05, 3.63) is 59.9 Å². The number of benzene rings is 2. The number of aromatic nitrogens is 3. The molecule has 36 heavy (non-hydrogen) atoms. The summed E-state index contributed by atoms with van der Waals surface area (Å²) >= 11 is 0. The van der Waals surface area contributed by atoms with Crippen LogP contribution in [0.3, 0.4) is 0 Å². The Morgan fingerprint density at radius 2 is 1.72 bits per heavy atom. The number of rotatable bonds is 7. The molecule has 0 saturated heterocycles. The van der Waals surface area contributed by atoms with Gasteiger partial charge in [0.25, 0.3) is 0 Å². The summed E-state index contributed by atoms with van der Waals surface area (Å²) in [4.78, 5) is 21.5. The maximum Gasteiger partial charge on any atom is 0.400 e. The zero-order valence-electron chi connectivity index (χ0n) is 19.3. The van der Waals surface area contributed by atoms with E-state index in [-0.39, 0.29) is 30.8 Å². The molecule has 1 fully saturated rings. The van der Waals surface area contributed by atoms with Gasteiger partial charge in [-0.25, -0.2) is 4.98 Å². The molecule has 2 aromatic carbocycles. The summed E-state index contributed by atoms with van der Waals surface area (Å²) in [6.45, 7) is 0. The molecule has 11 heteroatoms. The van der Waals surface area contributed by atoms with Crippen molar-refractivity contribution in [3.8, 4) is 22.8 Å². The molecule has 8 nitrogen and oxygen atoms in total. The van der Waals surface area contributed by atoms with Crippen LogP contribution in [-0.4, -0.2) is 41.4 Å². The molecule has 186 valence electrons. The normalized spacial score (nSPS) is 14.5. The summed E-state index contributed by atoms with van der Waals surface area (Å²) < 4.78 is 55.3. The second kappa shape index (κ2) is 8.81.